The number of carboxylic acid groups (broad SMARTS) is 1. The molecule has 36 heavy (non-hydrogen) atoms. The lowest BCUT2D eigenvalue weighted by molar-refractivity contribution is -0.141. The van der Waals surface area contributed by atoms with Gasteiger partial charge in [0.05, 0.1) is 37.4 Å². The van der Waals surface area contributed by atoms with Gasteiger partial charge in [0.2, 0.25) is 0 Å². The topological polar surface area (TPSA) is 90.1 Å². The van der Waals surface area contributed by atoms with Crippen molar-refractivity contribution in [3.05, 3.63) is 71.6 Å². The number of alkyl halides is 3. The number of fused-ring (bicyclic) bond motifs is 1. The predicted molar refractivity (Wildman–Crippen MR) is 123 cm³/mol. The van der Waals surface area contributed by atoms with E-state index in [1.807, 2.05) is 10.8 Å². The molecule has 1 N–H and O–H groups in total. The second kappa shape index (κ2) is 9.51. The van der Waals surface area contributed by atoms with Crippen molar-refractivity contribution in [2.45, 2.75) is 29.5 Å². The summed E-state index contributed by atoms with van der Waals surface area (Å²) in [6.07, 6.45) is -0.299. The van der Waals surface area contributed by atoms with Crippen LogP contribution in [0.25, 0.3) is 22.2 Å². The van der Waals surface area contributed by atoms with Crippen LogP contribution in [-0.4, -0.2) is 43.8 Å². The van der Waals surface area contributed by atoms with Crippen LogP contribution < -0.4 is 0 Å². The van der Waals surface area contributed by atoms with Crippen LogP contribution in [0.2, 0.25) is 0 Å². The number of pyridine rings is 1. The summed E-state index contributed by atoms with van der Waals surface area (Å²) < 4.78 is 60.1. The Balaban J connectivity index is 1.46. The van der Waals surface area contributed by atoms with Gasteiger partial charge in [-0.25, -0.2) is 14.4 Å². The third-order valence-electron chi connectivity index (χ3n) is 5.75. The van der Waals surface area contributed by atoms with Crippen molar-refractivity contribution < 1.29 is 32.2 Å². The second-order valence-corrected chi connectivity index (χ2v) is 9.19. The van der Waals surface area contributed by atoms with Crippen molar-refractivity contribution in [1.29, 1.82) is 0 Å². The Morgan fingerprint density at radius 2 is 1.97 bits per heavy atom. The first kappa shape index (κ1) is 24.2. The van der Waals surface area contributed by atoms with Crippen LogP contribution in [-0.2, 0) is 27.9 Å². The van der Waals surface area contributed by atoms with Gasteiger partial charge in [-0.1, -0.05) is 30.0 Å². The van der Waals surface area contributed by atoms with E-state index in [-0.39, 0.29) is 11.6 Å². The van der Waals surface area contributed by atoms with E-state index in [9.17, 15) is 22.4 Å². The number of benzene rings is 1. The van der Waals surface area contributed by atoms with Crippen LogP contribution >= 0.6 is 11.8 Å². The first-order valence-corrected chi connectivity index (χ1v) is 11.8. The molecule has 0 amide bonds. The molecule has 186 valence electrons. The molecule has 4 heterocycles. The van der Waals surface area contributed by atoms with E-state index in [1.165, 1.54) is 36.2 Å². The number of aromatic nitrogens is 4. The number of carboxylic acids is 1. The number of hydrogen-bond donors (Lipinski definition) is 1. The quantitative estimate of drug-likeness (QED) is 0.206. The maximum absolute atomic E-state index is 13.9. The van der Waals surface area contributed by atoms with Crippen molar-refractivity contribution >= 4 is 28.8 Å². The standard InChI is InChI=1S/C24H18F4N4O3S/c25-18-3-1-13(5-15(18)6-21(33)34)12-36-23-30-8-19-22(31-23)17(9-32(19)16-10-35-11-16)14-2-4-20(29-7-14)24(26,27)28/h1-5,7-9,16H,6,10-12H2,(H,33,34). The third-order valence-corrected chi connectivity index (χ3v) is 6.68. The van der Waals surface area contributed by atoms with Crippen LogP contribution in [0, 0.1) is 5.82 Å². The Kier molecular flexibility index (Phi) is 6.39. The van der Waals surface area contributed by atoms with Crippen LogP contribution in [0.15, 0.2) is 54.1 Å². The molecule has 1 aliphatic heterocycles. The van der Waals surface area contributed by atoms with Crippen molar-refractivity contribution in [3.63, 3.8) is 0 Å². The Bertz CT molecular complexity index is 1440. The molecule has 0 aliphatic carbocycles. The Morgan fingerprint density at radius 3 is 2.61 bits per heavy atom. The number of ether oxygens (including phenoxy) is 1. The van der Waals surface area contributed by atoms with Crippen molar-refractivity contribution in [2.75, 3.05) is 13.2 Å². The first-order chi connectivity index (χ1) is 17.2. The highest BCUT2D eigenvalue weighted by Gasteiger charge is 2.32. The number of hydrogen-bond acceptors (Lipinski definition) is 6. The first-order valence-electron chi connectivity index (χ1n) is 10.8. The molecule has 12 heteroatoms. The number of halogens is 4. The van der Waals surface area contributed by atoms with E-state index in [2.05, 4.69) is 15.0 Å². The molecule has 5 rings (SSSR count). The minimum absolute atomic E-state index is 0.0673. The summed E-state index contributed by atoms with van der Waals surface area (Å²) in [7, 11) is 0. The number of rotatable bonds is 7. The molecule has 1 fully saturated rings. The zero-order valence-electron chi connectivity index (χ0n) is 18.5. The molecular formula is C24H18F4N4O3S. The van der Waals surface area contributed by atoms with Crippen molar-refractivity contribution in [2.24, 2.45) is 0 Å². The van der Waals surface area contributed by atoms with Gasteiger partial charge in [0.15, 0.2) is 5.16 Å². The Labute approximate surface area is 206 Å². The van der Waals surface area contributed by atoms with E-state index >= 15 is 0 Å². The summed E-state index contributed by atoms with van der Waals surface area (Å²) in [6.45, 7) is 1.02. The normalized spacial score (nSPS) is 14.2. The van der Waals surface area contributed by atoms with Gasteiger partial charge in [-0.3, -0.25) is 9.78 Å². The zero-order valence-corrected chi connectivity index (χ0v) is 19.3. The van der Waals surface area contributed by atoms with Gasteiger partial charge in [-0.15, -0.1) is 0 Å². The maximum Gasteiger partial charge on any atom is 0.433 e. The van der Waals surface area contributed by atoms with Crippen LogP contribution in [0.5, 0.6) is 0 Å². The van der Waals surface area contributed by atoms with Gasteiger partial charge in [0.25, 0.3) is 0 Å². The summed E-state index contributed by atoms with van der Waals surface area (Å²) in [5.41, 5.74) is 2.20. The van der Waals surface area contributed by atoms with Crippen molar-refractivity contribution in [3.8, 4) is 11.1 Å². The Hall–Kier alpha value is -3.51. The molecule has 3 aromatic heterocycles. The predicted octanol–water partition coefficient (Wildman–Crippen LogP) is 5.14. The van der Waals surface area contributed by atoms with Crippen LogP contribution in [0.4, 0.5) is 17.6 Å². The highest BCUT2D eigenvalue weighted by atomic mass is 32.2. The molecule has 0 radical (unpaired) electrons. The van der Waals surface area contributed by atoms with Gasteiger partial charge in [-0.2, -0.15) is 13.2 Å². The average molecular weight is 518 g/mol. The number of aliphatic carboxylic acids is 1. The maximum atomic E-state index is 13.9. The fourth-order valence-electron chi connectivity index (χ4n) is 3.87. The van der Waals surface area contributed by atoms with E-state index in [0.717, 1.165) is 6.07 Å². The summed E-state index contributed by atoms with van der Waals surface area (Å²) in [5, 5.41) is 9.38. The number of nitrogens with zero attached hydrogens (tertiary/aromatic N) is 4. The summed E-state index contributed by atoms with van der Waals surface area (Å²) in [4.78, 5) is 23.6. The van der Waals surface area contributed by atoms with Crippen molar-refractivity contribution in [1.82, 2.24) is 19.5 Å². The van der Waals surface area contributed by atoms with E-state index < -0.39 is 30.1 Å². The molecular weight excluding hydrogens is 500 g/mol. The zero-order chi connectivity index (χ0) is 25.4. The SMILES string of the molecule is O=C(O)Cc1cc(CSc2ncc3c(n2)c(-c2ccc(C(F)(F)F)nc2)cn3C2COC2)ccc1F. The molecule has 7 nitrogen and oxygen atoms in total. The van der Waals surface area contributed by atoms with E-state index in [4.69, 9.17) is 9.84 Å². The number of carbonyl (C=O) groups is 1. The molecule has 1 saturated heterocycles. The van der Waals surface area contributed by atoms with E-state index in [1.54, 1.807) is 12.3 Å². The smallest absolute Gasteiger partial charge is 0.433 e. The lowest BCUT2D eigenvalue weighted by atomic mass is 10.1. The minimum Gasteiger partial charge on any atom is -0.481 e. The molecule has 0 saturated carbocycles. The van der Waals surface area contributed by atoms with Gasteiger partial charge in [0, 0.05) is 29.3 Å². The van der Waals surface area contributed by atoms with Gasteiger partial charge in [0.1, 0.15) is 17.0 Å². The molecule has 4 aromatic rings. The minimum atomic E-state index is -4.54. The molecule has 0 spiro atoms. The van der Waals surface area contributed by atoms with Gasteiger partial charge in [-0.05, 0) is 23.3 Å². The van der Waals surface area contributed by atoms with Crippen LogP contribution in [0.3, 0.4) is 0 Å². The van der Waals surface area contributed by atoms with Crippen LogP contribution in [0.1, 0.15) is 22.9 Å². The van der Waals surface area contributed by atoms with Gasteiger partial charge < -0.3 is 14.4 Å². The Morgan fingerprint density at radius 1 is 1.17 bits per heavy atom. The molecule has 1 aliphatic rings. The molecule has 1 aromatic carbocycles. The summed E-state index contributed by atoms with van der Waals surface area (Å²) in [6, 6.07) is 6.67. The molecule has 0 bridgehead atoms. The molecule has 0 unspecified atom stereocenters. The highest BCUT2D eigenvalue weighted by Crippen LogP contribution is 2.35. The highest BCUT2D eigenvalue weighted by molar-refractivity contribution is 7.98. The number of thioether (sulfide) groups is 1. The largest absolute Gasteiger partial charge is 0.481 e. The summed E-state index contributed by atoms with van der Waals surface area (Å²) in [5.74, 6) is -1.34. The van der Waals surface area contributed by atoms with E-state index in [0.29, 0.717) is 51.8 Å². The average Bonchev–Trinajstić information content (AvgIpc) is 3.16. The molecule has 0 atom stereocenters. The lowest BCUT2D eigenvalue weighted by Gasteiger charge is -2.28. The van der Waals surface area contributed by atoms with Gasteiger partial charge >= 0.3 is 12.1 Å². The second-order valence-electron chi connectivity index (χ2n) is 8.24. The lowest BCUT2D eigenvalue weighted by Crippen LogP contribution is -2.30. The fourth-order valence-corrected chi connectivity index (χ4v) is 4.63. The monoisotopic (exact) mass is 518 g/mol. The third kappa shape index (κ3) is 4.91. The fraction of sp³-hybridized carbons (Fsp3) is 0.250. The summed E-state index contributed by atoms with van der Waals surface area (Å²) >= 11 is 1.28.